The Bertz CT molecular complexity index is 227. The molecule has 0 aliphatic heterocycles. The maximum atomic E-state index is 10.5. The molecule has 2 N–H and O–H groups in total. The van der Waals surface area contributed by atoms with Crippen molar-refractivity contribution >= 4 is 11.7 Å². The summed E-state index contributed by atoms with van der Waals surface area (Å²) >= 11 is 0. The van der Waals surface area contributed by atoms with E-state index in [0.717, 1.165) is 0 Å². The molecule has 1 aromatic heterocycles. The summed E-state index contributed by atoms with van der Waals surface area (Å²) in [5.41, 5.74) is 5.20. The quantitative estimate of drug-likeness (QED) is 0.571. The monoisotopic (exact) mass is 125 g/mol. The zero-order chi connectivity index (χ0) is 6.85. The maximum absolute atomic E-state index is 10.5. The largest absolute Gasteiger partial charge is 0.438 e. The molecule has 0 bridgehead atoms. The van der Waals surface area contributed by atoms with E-state index >= 15 is 0 Å². The summed E-state index contributed by atoms with van der Waals surface area (Å²) in [6.07, 6.45) is 0. The molecule has 0 spiro atoms. The van der Waals surface area contributed by atoms with Crippen LogP contribution < -0.4 is 5.73 Å². The Balaban J connectivity index is 2.98. The molecular weight excluding hydrogens is 118 g/mol. The Morgan fingerprint density at radius 1 is 1.67 bits per heavy atom. The van der Waals surface area contributed by atoms with Gasteiger partial charge in [0.15, 0.2) is 17.4 Å². The van der Waals surface area contributed by atoms with Crippen LogP contribution in [-0.2, 0) is 0 Å². The fraction of sp³-hybridized carbons (Fsp3) is 0.167. The number of carbonyl (C=O) groups is 1. The second-order valence-electron chi connectivity index (χ2n) is 1.76. The van der Waals surface area contributed by atoms with Crippen LogP contribution in [0.25, 0.3) is 0 Å². The minimum Gasteiger partial charge on any atom is -0.438 e. The van der Waals surface area contributed by atoms with E-state index < -0.39 is 0 Å². The van der Waals surface area contributed by atoms with Crippen molar-refractivity contribution in [2.45, 2.75) is 6.92 Å². The highest BCUT2D eigenvalue weighted by molar-refractivity contribution is 5.91. The van der Waals surface area contributed by atoms with Crippen LogP contribution in [0.3, 0.4) is 0 Å². The minimum absolute atomic E-state index is 0.105. The topological polar surface area (TPSA) is 56.2 Å². The van der Waals surface area contributed by atoms with Crippen LogP contribution in [0.1, 0.15) is 17.5 Å². The number of nitrogen functional groups attached to an aromatic ring is 1. The average Bonchev–Trinajstić information content (AvgIpc) is 2.14. The lowest BCUT2D eigenvalue weighted by atomic mass is 10.3. The van der Waals surface area contributed by atoms with E-state index in [0.29, 0.717) is 5.76 Å². The van der Waals surface area contributed by atoms with Crippen LogP contribution in [0.4, 0.5) is 5.88 Å². The van der Waals surface area contributed by atoms with Crippen molar-refractivity contribution in [3.63, 3.8) is 0 Å². The predicted molar refractivity (Wildman–Crippen MR) is 33.1 cm³/mol. The fourth-order valence-electron chi connectivity index (χ4n) is 0.542. The molecule has 0 aliphatic rings. The lowest BCUT2D eigenvalue weighted by molar-refractivity contribution is 0.0988. The van der Waals surface area contributed by atoms with Gasteiger partial charge in [0.05, 0.1) is 0 Å². The van der Waals surface area contributed by atoms with Gasteiger partial charge in [0.25, 0.3) is 0 Å². The van der Waals surface area contributed by atoms with Crippen LogP contribution in [0.15, 0.2) is 16.5 Å². The van der Waals surface area contributed by atoms with Crippen LogP contribution in [-0.4, -0.2) is 5.78 Å². The third-order valence-electron chi connectivity index (χ3n) is 0.974. The molecule has 0 saturated carbocycles. The molecule has 0 fully saturated rings. The molecule has 0 atom stereocenters. The Kier molecular flexibility index (Phi) is 1.26. The average molecular weight is 125 g/mol. The summed E-state index contributed by atoms with van der Waals surface area (Å²) in [6.45, 7) is 1.43. The second-order valence-corrected chi connectivity index (χ2v) is 1.76. The van der Waals surface area contributed by atoms with E-state index in [4.69, 9.17) is 10.2 Å². The summed E-state index contributed by atoms with van der Waals surface area (Å²) in [4.78, 5) is 10.5. The number of hydrogen-bond donors (Lipinski definition) is 1. The van der Waals surface area contributed by atoms with Gasteiger partial charge >= 0.3 is 0 Å². The highest BCUT2D eigenvalue weighted by Gasteiger charge is 2.01. The number of nitrogens with two attached hydrogens (primary N) is 1. The first-order valence-corrected chi connectivity index (χ1v) is 2.56. The Morgan fingerprint density at radius 3 is 2.56 bits per heavy atom. The minimum atomic E-state index is -0.105. The zero-order valence-electron chi connectivity index (χ0n) is 5.05. The molecule has 0 radical (unpaired) electrons. The van der Waals surface area contributed by atoms with Gasteiger partial charge in [-0.05, 0) is 6.07 Å². The Morgan fingerprint density at radius 2 is 2.33 bits per heavy atom. The van der Waals surface area contributed by atoms with E-state index in [1.165, 1.54) is 6.92 Å². The first-order valence-electron chi connectivity index (χ1n) is 2.56. The van der Waals surface area contributed by atoms with Gasteiger partial charge in [0.1, 0.15) is 0 Å². The maximum Gasteiger partial charge on any atom is 0.195 e. The molecule has 3 nitrogen and oxygen atoms in total. The normalized spacial score (nSPS) is 9.44. The number of rotatable bonds is 1. The van der Waals surface area contributed by atoms with Gasteiger partial charge in [-0.15, -0.1) is 0 Å². The van der Waals surface area contributed by atoms with Gasteiger partial charge < -0.3 is 10.2 Å². The molecular formula is C6H7NO2. The summed E-state index contributed by atoms with van der Waals surface area (Å²) in [5, 5.41) is 0. The van der Waals surface area contributed by atoms with Gasteiger partial charge in [-0.3, -0.25) is 4.79 Å². The number of anilines is 1. The first kappa shape index (κ1) is 5.88. The van der Waals surface area contributed by atoms with Gasteiger partial charge in [0, 0.05) is 13.0 Å². The summed E-state index contributed by atoms with van der Waals surface area (Å²) in [7, 11) is 0. The summed E-state index contributed by atoms with van der Waals surface area (Å²) in [5.74, 6) is 0.486. The van der Waals surface area contributed by atoms with Crippen molar-refractivity contribution in [1.29, 1.82) is 0 Å². The van der Waals surface area contributed by atoms with Gasteiger partial charge in [-0.2, -0.15) is 0 Å². The van der Waals surface area contributed by atoms with Crippen LogP contribution in [0, 0.1) is 0 Å². The molecule has 0 saturated heterocycles. The van der Waals surface area contributed by atoms with E-state index in [1.807, 2.05) is 0 Å². The zero-order valence-corrected chi connectivity index (χ0v) is 5.05. The lowest BCUT2D eigenvalue weighted by Gasteiger charge is -1.83. The van der Waals surface area contributed by atoms with Gasteiger partial charge in [0.2, 0.25) is 0 Å². The highest BCUT2D eigenvalue weighted by atomic mass is 16.4. The summed E-state index contributed by atoms with van der Waals surface area (Å²) in [6, 6.07) is 3.11. The molecule has 3 heteroatoms. The van der Waals surface area contributed by atoms with E-state index in [9.17, 15) is 4.79 Å². The second kappa shape index (κ2) is 1.93. The number of furan rings is 1. The fourth-order valence-corrected chi connectivity index (χ4v) is 0.542. The third kappa shape index (κ3) is 1.10. The number of ketones is 1. The van der Waals surface area contributed by atoms with Crippen molar-refractivity contribution in [2.24, 2.45) is 0 Å². The van der Waals surface area contributed by atoms with Crippen molar-refractivity contribution < 1.29 is 9.21 Å². The molecule has 1 heterocycles. The lowest BCUT2D eigenvalue weighted by Crippen LogP contribution is -1.86. The van der Waals surface area contributed by atoms with E-state index in [2.05, 4.69) is 0 Å². The van der Waals surface area contributed by atoms with E-state index in [1.54, 1.807) is 12.1 Å². The standard InChI is InChI=1S/C6H7NO2/c1-4(8)5-2-3-6(7)9-5/h2-3H,7H2,1H3. The van der Waals surface area contributed by atoms with Crippen molar-refractivity contribution in [1.82, 2.24) is 0 Å². The van der Waals surface area contributed by atoms with Crippen LogP contribution in [0.5, 0.6) is 0 Å². The summed E-state index contributed by atoms with van der Waals surface area (Å²) < 4.78 is 4.77. The Labute approximate surface area is 52.5 Å². The number of carbonyl (C=O) groups excluding carboxylic acids is 1. The molecule has 1 aromatic rings. The van der Waals surface area contributed by atoms with Crippen LogP contribution in [0.2, 0.25) is 0 Å². The number of hydrogen-bond acceptors (Lipinski definition) is 3. The van der Waals surface area contributed by atoms with Gasteiger partial charge in [-0.25, -0.2) is 0 Å². The molecule has 0 aromatic carbocycles. The first-order chi connectivity index (χ1) is 4.20. The smallest absolute Gasteiger partial charge is 0.195 e. The van der Waals surface area contributed by atoms with Crippen LogP contribution >= 0.6 is 0 Å². The van der Waals surface area contributed by atoms with Crippen molar-refractivity contribution in [3.05, 3.63) is 17.9 Å². The van der Waals surface area contributed by atoms with Gasteiger partial charge in [-0.1, -0.05) is 0 Å². The molecule has 0 unspecified atom stereocenters. The van der Waals surface area contributed by atoms with Crippen molar-refractivity contribution in [2.75, 3.05) is 5.73 Å². The highest BCUT2D eigenvalue weighted by Crippen LogP contribution is 2.08. The van der Waals surface area contributed by atoms with E-state index in [-0.39, 0.29) is 11.7 Å². The third-order valence-corrected chi connectivity index (χ3v) is 0.974. The SMILES string of the molecule is CC(=O)c1ccc(N)o1. The number of Topliss-reactive ketones (excluding diaryl/α,β-unsaturated/α-hetero) is 1. The molecule has 9 heavy (non-hydrogen) atoms. The van der Waals surface area contributed by atoms with Crippen molar-refractivity contribution in [3.8, 4) is 0 Å². The predicted octanol–water partition coefficient (Wildman–Crippen LogP) is 1.06. The molecule has 0 amide bonds. The Hall–Kier alpha value is -1.25. The molecule has 1 rings (SSSR count). The molecule has 48 valence electrons. The molecule has 0 aliphatic carbocycles.